The molecule has 3 nitrogen and oxygen atoms in total. The van der Waals surface area contributed by atoms with Crippen molar-refractivity contribution >= 4 is 5.78 Å². The van der Waals surface area contributed by atoms with Crippen molar-refractivity contribution in [2.24, 2.45) is 11.8 Å². The number of Topliss-reactive ketones (excluding diaryl/α,β-unsaturated/α-hetero) is 1. The van der Waals surface area contributed by atoms with E-state index in [0.717, 1.165) is 24.3 Å². The van der Waals surface area contributed by atoms with E-state index >= 15 is 0 Å². The van der Waals surface area contributed by atoms with Gasteiger partial charge in [0.1, 0.15) is 5.78 Å². The van der Waals surface area contributed by atoms with E-state index in [2.05, 4.69) is 17.3 Å². The Morgan fingerprint density at radius 1 is 1.25 bits per heavy atom. The predicted molar refractivity (Wildman–Crippen MR) is 63.0 cm³/mol. The van der Waals surface area contributed by atoms with E-state index in [1.54, 1.807) is 6.92 Å². The highest BCUT2D eigenvalue weighted by atomic mass is 16.1. The lowest BCUT2D eigenvalue weighted by Crippen LogP contribution is -2.45. The first-order valence-electron chi connectivity index (χ1n) is 6.67. The number of hydrogen-bond donors (Lipinski definition) is 1. The Balaban J connectivity index is 1.79. The van der Waals surface area contributed by atoms with E-state index in [1.807, 2.05) is 0 Å². The van der Waals surface area contributed by atoms with Gasteiger partial charge in [-0.1, -0.05) is 12.8 Å². The molecular weight excluding hydrogens is 200 g/mol. The van der Waals surface area contributed by atoms with Gasteiger partial charge in [0.25, 0.3) is 0 Å². The summed E-state index contributed by atoms with van der Waals surface area (Å²) in [6.07, 6.45) is 7.05. The molecule has 0 amide bonds. The Morgan fingerprint density at radius 3 is 2.75 bits per heavy atom. The van der Waals surface area contributed by atoms with Crippen molar-refractivity contribution in [1.82, 2.24) is 10.2 Å². The largest absolute Gasteiger partial charge is 0.298 e. The zero-order chi connectivity index (χ0) is 11.3. The summed E-state index contributed by atoms with van der Waals surface area (Å²) in [6, 6.07) is 0.907. The van der Waals surface area contributed by atoms with Crippen LogP contribution in [0.15, 0.2) is 0 Å². The summed E-state index contributed by atoms with van der Waals surface area (Å²) < 4.78 is 0. The Hall–Kier alpha value is -0.410. The topological polar surface area (TPSA) is 32.3 Å². The van der Waals surface area contributed by atoms with Crippen molar-refractivity contribution in [3.05, 3.63) is 0 Å². The summed E-state index contributed by atoms with van der Waals surface area (Å²) in [6.45, 7) is 1.74. The van der Waals surface area contributed by atoms with E-state index in [-0.39, 0.29) is 6.04 Å². The average Bonchev–Trinajstić information content (AvgIpc) is 2.76. The standard InChI is InChI=1S/C13H22N2O/c1-8(16)12-7-10-9-5-3-4-6-11(9)14-13(10)15(12)2/h9-14H,3-7H2,1-2H3. The van der Waals surface area contributed by atoms with Gasteiger partial charge >= 0.3 is 0 Å². The van der Waals surface area contributed by atoms with Crippen molar-refractivity contribution in [2.45, 2.75) is 57.3 Å². The van der Waals surface area contributed by atoms with Crippen molar-refractivity contribution < 1.29 is 4.79 Å². The number of hydrogen-bond acceptors (Lipinski definition) is 3. The molecule has 0 spiro atoms. The van der Waals surface area contributed by atoms with Gasteiger partial charge in [-0.05, 0) is 45.1 Å². The zero-order valence-corrected chi connectivity index (χ0v) is 10.3. The Labute approximate surface area is 97.6 Å². The minimum Gasteiger partial charge on any atom is -0.298 e. The zero-order valence-electron chi connectivity index (χ0n) is 10.3. The molecule has 3 rings (SSSR count). The lowest BCUT2D eigenvalue weighted by atomic mass is 9.78. The molecule has 3 aliphatic rings. The van der Waals surface area contributed by atoms with Crippen LogP contribution in [-0.2, 0) is 4.79 Å². The van der Waals surface area contributed by atoms with Gasteiger partial charge in [0, 0.05) is 6.04 Å². The lowest BCUT2D eigenvalue weighted by molar-refractivity contribution is -0.121. The van der Waals surface area contributed by atoms with Crippen LogP contribution in [0.4, 0.5) is 0 Å². The molecule has 0 aromatic carbocycles. The first kappa shape index (κ1) is 10.7. The second kappa shape index (κ2) is 3.81. The molecule has 5 atom stereocenters. The van der Waals surface area contributed by atoms with Gasteiger partial charge in [-0.2, -0.15) is 0 Å². The quantitative estimate of drug-likeness (QED) is 0.727. The maximum Gasteiger partial charge on any atom is 0.146 e. The summed E-state index contributed by atoms with van der Waals surface area (Å²) in [4.78, 5) is 13.9. The van der Waals surface area contributed by atoms with Crippen LogP contribution in [0.5, 0.6) is 0 Å². The fraction of sp³-hybridized carbons (Fsp3) is 0.923. The summed E-state index contributed by atoms with van der Waals surface area (Å²) in [5, 5.41) is 3.76. The van der Waals surface area contributed by atoms with Crippen LogP contribution in [0.1, 0.15) is 39.0 Å². The molecule has 16 heavy (non-hydrogen) atoms. The van der Waals surface area contributed by atoms with E-state index in [4.69, 9.17) is 0 Å². The van der Waals surface area contributed by atoms with Gasteiger partial charge in [0.2, 0.25) is 0 Å². The van der Waals surface area contributed by atoms with Gasteiger partial charge in [-0.25, -0.2) is 0 Å². The van der Waals surface area contributed by atoms with Crippen molar-refractivity contribution in [3.63, 3.8) is 0 Å². The molecule has 1 aliphatic carbocycles. The number of likely N-dealkylation sites (N-methyl/N-ethyl adjacent to an activating group) is 1. The summed E-state index contributed by atoms with van der Waals surface area (Å²) in [5.74, 6) is 1.90. The second-order valence-electron chi connectivity index (χ2n) is 5.86. The monoisotopic (exact) mass is 222 g/mol. The number of ketones is 1. The summed E-state index contributed by atoms with van der Waals surface area (Å²) >= 11 is 0. The molecule has 2 heterocycles. The first-order valence-corrected chi connectivity index (χ1v) is 6.67. The minimum atomic E-state index is 0.172. The van der Waals surface area contributed by atoms with Crippen molar-refractivity contribution in [1.29, 1.82) is 0 Å². The number of carbonyl (C=O) groups excluding carboxylic acids is 1. The second-order valence-corrected chi connectivity index (χ2v) is 5.86. The molecule has 5 unspecified atom stereocenters. The number of likely N-dealkylation sites (tertiary alicyclic amines) is 1. The number of nitrogens with zero attached hydrogens (tertiary/aromatic N) is 1. The van der Waals surface area contributed by atoms with E-state index in [1.165, 1.54) is 25.7 Å². The van der Waals surface area contributed by atoms with Crippen LogP contribution in [0.2, 0.25) is 0 Å². The lowest BCUT2D eigenvalue weighted by Gasteiger charge is -2.29. The predicted octanol–water partition coefficient (Wildman–Crippen LogP) is 1.38. The summed E-state index contributed by atoms with van der Waals surface area (Å²) in [7, 11) is 2.11. The van der Waals surface area contributed by atoms with Gasteiger partial charge in [0.15, 0.2) is 0 Å². The SMILES string of the molecule is CC(=O)C1CC2C3CCCCC3NC2N1C. The molecule has 1 saturated carbocycles. The highest BCUT2D eigenvalue weighted by Gasteiger charge is 2.52. The number of rotatable bonds is 1. The normalized spacial score (nSPS) is 47.8. The van der Waals surface area contributed by atoms with Crippen LogP contribution < -0.4 is 5.32 Å². The molecule has 90 valence electrons. The molecule has 2 aliphatic heterocycles. The van der Waals surface area contributed by atoms with Gasteiger partial charge in [0.05, 0.1) is 12.2 Å². The molecule has 0 aromatic heterocycles. The fourth-order valence-corrected chi connectivity index (χ4v) is 4.25. The number of nitrogens with one attached hydrogen (secondary N) is 1. The van der Waals surface area contributed by atoms with Gasteiger partial charge in [-0.3, -0.25) is 15.0 Å². The average molecular weight is 222 g/mol. The third kappa shape index (κ3) is 1.45. The van der Waals surface area contributed by atoms with Crippen molar-refractivity contribution in [2.75, 3.05) is 7.05 Å². The summed E-state index contributed by atoms with van der Waals surface area (Å²) in [5.41, 5.74) is 0. The van der Waals surface area contributed by atoms with Crippen molar-refractivity contribution in [3.8, 4) is 0 Å². The van der Waals surface area contributed by atoms with Crippen LogP contribution in [-0.4, -0.2) is 36.0 Å². The van der Waals surface area contributed by atoms with Gasteiger partial charge in [-0.15, -0.1) is 0 Å². The molecule has 3 heteroatoms. The highest BCUT2D eigenvalue weighted by molar-refractivity contribution is 5.81. The molecule has 0 aromatic rings. The van der Waals surface area contributed by atoms with Crippen LogP contribution in [0, 0.1) is 11.8 Å². The number of carbonyl (C=O) groups is 1. The Morgan fingerprint density at radius 2 is 2.00 bits per heavy atom. The first-order chi connectivity index (χ1) is 7.68. The molecule has 0 bridgehead atoms. The molecule has 3 fully saturated rings. The van der Waals surface area contributed by atoms with Crippen LogP contribution >= 0.6 is 0 Å². The van der Waals surface area contributed by atoms with Crippen LogP contribution in [0.3, 0.4) is 0 Å². The van der Waals surface area contributed by atoms with E-state index in [0.29, 0.717) is 11.9 Å². The van der Waals surface area contributed by atoms with Gasteiger partial charge < -0.3 is 0 Å². The highest BCUT2D eigenvalue weighted by Crippen LogP contribution is 2.45. The smallest absolute Gasteiger partial charge is 0.146 e. The van der Waals surface area contributed by atoms with E-state index < -0.39 is 0 Å². The maximum absolute atomic E-state index is 11.6. The third-order valence-corrected chi connectivity index (χ3v) is 5.05. The molecule has 2 saturated heterocycles. The molecule has 0 radical (unpaired) electrons. The van der Waals surface area contributed by atoms with Crippen LogP contribution in [0.25, 0.3) is 0 Å². The molecule has 1 N–H and O–H groups in total. The molecular formula is C13H22N2O. The Kier molecular flexibility index (Phi) is 2.55. The Bertz CT molecular complexity index is 304. The minimum absolute atomic E-state index is 0.172. The van der Waals surface area contributed by atoms with E-state index in [9.17, 15) is 4.79 Å². The maximum atomic E-state index is 11.6. The number of fused-ring (bicyclic) bond motifs is 3. The third-order valence-electron chi connectivity index (χ3n) is 5.05. The fourth-order valence-electron chi connectivity index (χ4n) is 4.25.